The number of carboxylic acid groups (broad SMARTS) is 1. The summed E-state index contributed by atoms with van der Waals surface area (Å²) in [6.07, 6.45) is -0.475. The molecule has 4 rings (SSSR count). The maximum atomic E-state index is 12.6. The first-order valence-corrected chi connectivity index (χ1v) is 10.2. The number of nitrogens with one attached hydrogen (secondary N) is 1. The molecular weight excluding hydrogens is 425 g/mol. The molecule has 1 aliphatic carbocycles. The first kappa shape index (κ1) is 22.2. The van der Waals surface area contributed by atoms with Gasteiger partial charge in [0.1, 0.15) is 0 Å². The van der Waals surface area contributed by atoms with Gasteiger partial charge in [-0.05, 0) is 44.4 Å². The van der Waals surface area contributed by atoms with Crippen LogP contribution in [0.5, 0.6) is 0 Å². The number of nitrogens with zero attached hydrogens (tertiary/aromatic N) is 3. The number of carbonyl (C=O) groups excluding carboxylic acids is 1. The molecule has 30 heavy (non-hydrogen) atoms. The molecule has 0 radical (unpaired) electrons. The standard InChI is InChI=1S/C16H20N4O2S.C2HF3O2/c1-20(9-14-18-15(22-19-14)10-4-5-10)16(21)13-7-6-12(23-13)11-3-2-8-17-11;3-2(4,5)1(6)7/h6-7,10-11,17H,2-5,8-9H2,1H3;(H,6,7). The lowest BCUT2D eigenvalue weighted by Gasteiger charge is -2.13. The molecule has 164 valence electrons. The molecule has 1 unspecified atom stereocenters. The molecule has 2 aromatic heterocycles. The average molecular weight is 446 g/mol. The van der Waals surface area contributed by atoms with E-state index in [4.69, 9.17) is 14.4 Å². The number of carboxylic acids is 1. The number of amides is 1. The molecule has 2 N–H and O–H groups in total. The van der Waals surface area contributed by atoms with Crippen molar-refractivity contribution in [2.75, 3.05) is 13.6 Å². The molecule has 0 bridgehead atoms. The Kier molecular flexibility index (Phi) is 6.76. The van der Waals surface area contributed by atoms with Crippen molar-refractivity contribution in [2.45, 2.75) is 50.4 Å². The third-order valence-electron chi connectivity index (χ3n) is 4.62. The Labute approximate surface area is 174 Å². The number of thiophene rings is 1. The molecule has 1 atom stereocenters. The molecule has 0 aromatic carbocycles. The summed E-state index contributed by atoms with van der Waals surface area (Å²) in [7, 11) is 1.78. The monoisotopic (exact) mass is 446 g/mol. The lowest BCUT2D eigenvalue weighted by molar-refractivity contribution is -0.192. The highest BCUT2D eigenvalue weighted by atomic mass is 32.1. The van der Waals surface area contributed by atoms with Crippen LogP contribution in [0.4, 0.5) is 13.2 Å². The van der Waals surface area contributed by atoms with E-state index in [9.17, 15) is 18.0 Å². The average Bonchev–Trinajstić information content (AvgIpc) is 3.09. The quantitative estimate of drug-likeness (QED) is 0.725. The van der Waals surface area contributed by atoms with Crippen molar-refractivity contribution in [3.05, 3.63) is 33.6 Å². The normalized spacial score (nSPS) is 18.6. The van der Waals surface area contributed by atoms with Gasteiger partial charge >= 0.3 is 12.1 Å². The second kappa shape index (κ2) is 9.13. The lowest BCUT2D eigenvalue weighted by atomic mass is 10.2. The molecule has 0 spiro atoms. The minimum atomic E-state index is -5.08. The van der Waals surface area contributed by atoms with E-state index in [0.717, 1.165) is 30.7 Å². The second-order valence-corrected chi connectivity index (χ2v) is 8.25. The first-order chi connectivity index (χ1) is 14.1. The summed E-state index contributed by atoms with van der Waals surface area (Å²) in [5.74, 6) is -1.01. The van der Waals surface area contributed by atoms with Gasteiger partial charge < -0.3 is 19.8 Å². The van der Waals surface area contributed by atoms with E-state index >= 15 is 0 Å². The Morgan fingerprint density at radius 1 is 1.33 bits per heavy atom. The molecule has 1 amide bonds. The summed E-state index contributed by atoms with van der Waals surface area (Å²) in [4.78, 5) is 29.5. The molecule has 3 heterocycles. The van der Waals surface area contributed by atoms with Crippen molar-refractivity contribution < 1.29 is 32.4 Å². The second-order valence-electron chi connectivity index (χ2n) is 7.14. The fourth-order valence-corrected chi connectivity index (χ4v) is 3.99. The molecule has 2 aliphatic rings. The van der Waals surface area contributed by atoms with E-state index in [1.807, 2.05) is 6.07 Å². The Morgan fingerprint density at radius 3 is 2.60 bits per heavy atom. The largest absolute Gasteiger partial charge is 0.490 e. The smallest absolute Gasteiger partial charge is 0.475 e. The minimum absolute atomic E-state index is 0.0111. The van der Waals surface area contributed by atoms with Gasteiger partial charge in [-0.15, -0.1) is 11.3 Å². The topological polar surface area (TPSA) is 109 Å². The van der Waals surface area contributed by atoms with Crippen molar-refractivity contribution in [1.82, 2.24) is 20.4 Å². The van der Waals surface area contributed by atoms with Gasteiger partial charge in [-0.1, -0.05) is 5.16 Å². The van der Waals surface area contributed by atoms with Crippen molar-refractivity contribution in [3.63, 3.8) is 0 Å². The van der Waals surface area contributed by atoms with E-state index in [1.165, 1.54) is 11.3 Å². The zero-order chi connectivity index (χ0) is 21.9. The SMILES string of the molecule is CN(Cc1noc(C2CC2)n1)C(=O)c1ccc(C2CCCN2)s1.O=C(O)C(F)(F)F. The fourth-order valence-electron chi connectivity index (χ4n) is 2.88. The number of rotatable bonds is 5. The van der Waals surface area contributed by atoms with Gasteiger partial charge in [0.15, 0.2) is 5.82 Å². The third kappa shape index (κ3) is 5.79. The van der Waals surface area contributed by atoms with Crippen LogP contribution in [-0.4, -0.2) is 51.8 Å². The summed E-state index contributed by atoms with van der Waals surface area (Å²) in [6.45, 7) is 1.44. The van der Waals surface area contributed by atoms with Gasteiger partial charge in [0.05, 0.1) is 11.4 Å². The Balaban J connectivity index is 0.000000318. The van der Waals surface area contributed by atoms with Crippen LogP contribution in [0.25, 0.3) is 0 Å². The number of hydrogen-bond donors (Lipinski definition) is 2. The predicted octanol–water partition coefficient (Wildman–Crippen LogP) is 3.34. The minimum Gasteiger partial charge on any atom is -0.475 e. The highest BCUT2D eigenvalue weighted by Gasteiger charge is 2.38. The van der Waals surface area contributed by atoms with Crippen LogP contribution in [0.1, 0.15) is 63.9 Å². The summed E-state index contributed by atoms with van der Waals surface area (Å²) >= 11 is 1.58. The van der Waals surface area contributed by atoms with Gasteiger partial charge in [-0.2, -0.15) is 18.2 Å². The molecule has 2 aromatic rings. The van der Waals surface area contributed by atoms with Gasteiger partial charge in [0, 0.05) is 23.9 Å². The van der Waals surface area contributed by atoms with Crippen LogP contribution in [0.15, 0.2) is 16.7 Å². The highest BCUT2D eigenvalue weighted by molar-refractivity contribution is 7.14. The molecule has 12 heteroatoms. The van der Waals surface area contributed by atoms with Crippen molar-refractivity contribution in [1.29, 1.82) is 0 Å². The zero-order valence-corrected chi connectivity index (χ0v) is 16.9. The lowest BCUT2D eigenvalue weighted by Crippen LogP contribution is -2.26. The maximum Gasteiger partial charge on any atom is 0.490 e. The summed E-state index contributed by atoms with van der Waals surface area (Å²) in [5, 5.41) is 14.6. The van der Waals surface area contributed by atoms with Crippen molar-refractivity contribution >= 4 is 23.2 Å². The zero-order valence-electron chi connectivity index (χ0n) is 16.1. The molecule has 8 nitrogen and oxygen atoms in total. The van der Waals surface area contributed by atoms with Gasteiger partial charge in [-0.25, -0.2) is 4.79 Å². The Bertz CT molecular complexity index is 888. The van der Waals surface area contributed by atoms with E-state index in [-0.39, 0.29) is 5.91 Å². The van der Waals surface area contributed by atoms with Crippen LogP contribution < -0.4 is 5.32 Å². The number of halogens is 3. The molecule has 2 fully saturated rings. The van der Waals surface area contributed by atoms with E-state index < -0.39 is 12.1 Å². The molecular formula is C18H21F3N4O4S. The highest BCUT2D eigenvalue weighted by Crippen LogP contribution is 2.38. The Morgan fingerprint density at radius 2 is 2.03 bits per heavy atom. The van der Waals surface area contributed by atoms with E-state index in [2.05, 4.69) is 21.5 Å². The van der Waals surface area contributed by atoms with Gasteiger partial charge in [0.2, 0.25) is 5.89 Å². The number of aliphatic carboxylic acids is 1. The van der Waals surface area contributed by atoms with E-state index in [1.54, 1.807) is 23.3 Å². The third-order valence-corrected chi connectivity index (χ3v) is 5.81. The van der Waals surface area contributed by atoms with Crippen LogP contribution in [0, 0.1) is 0 Å². The summed E-state index contributed by atoms with van der Waals surface area (Å²) < 4.78 is 37.0. The van der Waals surface area contributed by atoms with Crippen molar-refractivity contribution in [3.8, 4) is 0 Å². The van der Waals surface area contributed by atoms with Crippen LogP contribution in [-0.2, 0) is 11.3 Å². The van der Waals surface area contributed by atoms with Gasteiger partial charge in [-0.3, -0.25) is 4.79 Å². The fraction of sp³-hybridized carbons (Fsp3) is 0.556. The number of aromatic nitrogens is 2. The van der Waals surface area contributed by atoms with Crippen LogP contribution >= 0.6 is 11.3 Å². The summed E-state index contributed by atoms with van der Waals surface area (Å²) in [6, 6.07) is 4.39. The first-order valence-electron chi connectivity index (χ1n) is 9.36. The molecule has 1 saturated carbocycles. The number of hydrogen-bond acceptors (Lipinski definition) is 7. The van der Waals surface area contributed by atoms with Crippen LogP contribution in [0.2, 0.25) is 0 Å². The Hall–Kier alpha value is -2.47. The van der Waals surface area contributed by atoms with Crippen LogP contribution in [0.3, 0.4) is 0 Å². The van der Waals surface area contributed by atoms with E-state index in [0.29, 0.717) is 30.2 Å². The molecule has 1 saturated heterocycles. The van der Waals surface area contributed by atoms with Gasteiger partial charge in [0.25, 0.3) is 5.91 Å². The number of alkyl halides is 3. The maximum absolute atomic E-state index is 12.6. The summed E-state index contributed by atoms with van der Waals surface area (Å²) in [5.41, 5.74) is 0. The number of carbonyl (C=O) groups is 2. The van der Waals surface area contributed by atoms with Crippen molar-refractivity contribution in [2.24, 2.45) is 0 Å². The molecule has 1 aliphatic heterocycles. The predicted molar refractivity (Wildman–Crippen MR) is 100 cm³/mol.